The smallest absolute Gasteiger partial charge is 0.303 e. The lowest BCUT2D eigenvalue weighted by molar-refractivity contribution is -0.137. The van der Waals surface area contributed by atoms with E-state index in [-0.39, 0.29) is 6.42 Å². The van der Waals surface area contributed by atoms with Crippen LogP contribution in [0.2, 0.25) is 0 Å². The molecule has 1 aromatic rings. The molecule has 0 aliphatic carbocycles. The Hall–Kier alpha value is -1.32. The molecule has 0 radical (unpaired) electrons. The number of carboxylic acids is 1. The van der Waals surface area contributed by atoms with E-state index >= 15 is 0 Å². The van der Waals surface area contributed by atoms with Gasteiger partial charge in [-0.25, -0.2) is 4.98 Å². The summed E-state index contributed by atoms with van der Waals surface area (Å²) >= 11 is 0. The Morgan fingerprint density at radius 1 is 1.64 bits per heavy atom. The highest BCUT2D eigenvalue weighted by molar-refractivity contribution is 5.66. The largest absolute Gasteiger partial charge is 0.481 e. The number of aliphatic carboxylic acids is 1. The van der Waals surface area contributed by atoms with Crippen molar-refractivity contribution >= 4 is 5.97 Å². The topological polar surface area (TPSA) is 55.1 Å². The number of rotatable bonds is 6. The molecule has 0 aromatic carbocycles. The highest BCUT2D eigenvalue weighted by Gasteiger charge is 2.02. The quantitative estimate of drug-likeness (QED) is 0.753. The Bertz CT molecular complexity index is 294. The number of hydrogen-bond donors (Lipinski definition) is 1. The van der Waals surface area contributed by atoms with Crippen molar-refractivity contribution in [3.05, 3.63) is 18.2 Å². The second-order valence-electron chi connectivity index (χ2n) is 3.28. The van der Waals surface area contributed by atoms with Gasteiger partial charge in [-0.1, -0.05) is 6.92 Å². The lowest BCUT2D eigenvalue weighted by Crippen LogP contribution is -2.05. The second kappa shape index (κ2) is 5.42. The molecule has 1 N–H and O–H groups in total. The normalized spacial score (nSPS) is 10.4. The van der Waals surface area contributed by atoms with Crippen LogP contribution >= 0.6 is 0 Å². The van der Waals surface area contributed by atoms with Crippen molar-refractivity contribution in [1.29, 1.82) is 0 Å². The van der Waals surface area contributed by atoms with Crippen molar-refractivity contribution in [1.82, 2.24) is 9.55 Å². The fourth-order valence-electron chi connectivity index (χ4n) is 1.40. The van der Waals surface area contributed by atoms with Crippen molar-refractivity contribution in [3.63, 3.8) is 0 Å². The van der Waals surface area contributed by atoms with Crippen molar-refractivity contribution in [2.75, 3.05) is 0 Å². The number of nitrogens with zero attached hydrogens (tertiary/aromatic N) is 2. The minimum absolute atomic E-state index is 0.226. The van der Waals surface area contributed by atoms with Crippen molar-refractivity contribution in [3.8, 4) is 0 Å². The summed E-state index contributed by atoms with van der Waals surface area (Å²) in [6, 6.07) is 0. The molecule has 0 aliphatic heterocycles. The molecular weight excluding hydrogens is 180 g/mol. The number of carboxylic acid groups (broad SMARTS) is 1. The maximum Gasteiger partial charge on any atom is 0.303 e. The molecule has 0 atom stereocenters. The van der Waals surface area contributed by atoms with Gasteiger partial charge in [0.2, 0.25) is 0 Å². The van der Waals surface area contributed by atoms with Crippen LogP contribution < -0.4 is 0 Å². The number of hydrogen-bond acceptors (Lipinski definition) is 2. The summed E-state index contributed by atoms with van der Waals surface area (Å²) in [6.45, 7) is 2.86. The van der Waals surface area contributed by atoms with Gasteiger partial charge in [0.1, 0.15) is 5.82 Å². The van der Waals surface area contributed by atoms with Gasteiger partial charge in [0.15, 0.2) is 0 Å². The van der Waals surface area contributed by atoms with Gasteiger partial charge in [0, 0.05) is 31.8 Å². The third-order valence-corrected chi connectivity index (χ3v) is 2.06. The lowest BCUT2D eigenvalue weighted by Gasteiger charge is -2.05. The van der Waals surface area contributed by atoms with Crippen LogP contribution in [0, 0.1) is 0 Å². The standard InChI is InChI=1S/C10H16N2O2/c1-2-4-9-11-6-8-12(9)7-3-5-10(13)14/h6,8H,2-5,7H2,1H3,(H,13,14). The van der Waals surface area contributed by atoms with Crippen LogP contribution in [0.15, 0.2) is 12.4 Å². The first-order chi connectivity index (χ1) is 6.74. The first-order valence-corrected chi connectivity index (χ1v) is 4.96. The highest BCUT2D eigenvalue weighted by atomic mass is 16.4. The molecule has 1 aromatic heterocycles. The molecule has 4 heteroatoms. The molecule has 0 unspecified atom stereocenters. The Labute approximate surface area is 83.6 Å². The van der Waals surface area contributed by atoms with Crippen LogP contribution in [0.25, 0.3) is 0 Å². The maximum absolute atomic E-state index is 10.3. The minimum Gasteiger partial charge on any atom is -0.481 e. The predicted octanol–water partition coefficient (Wildman–Crippen LogP) is 1.70. The Morgan fingerprint density at radius 3 is 3.07 bits per heavy atom. The summed E-state index contributed by atoms with van der Waals surface area (Å²) < 4.78 is 2.03. The highest BCUT2D eigenvalue weighted by Crippen LogP contribution is 2.03. The molecule has 0 spiro atoms. The number of carbonyl (C=O) groups is 1. The molecule has 1 rings (SSSR count). The summed E-state index contributed by atoms with van der Waals surface area (Å²) in [5, 5.41) is 8.49. The van der Waals surface area contributed by atoms with Crippen molar-refractivity contribution in [2.24, 2.45) is 0 Å². The zero-order chi connectivity index (χ0) is 10.4. The van der Waals surface area contributed by atoms with E-state index in [0.29, 0.717) is 6.42 Å². The third kappa shape index (κ3) is 3.20. The van der Waals surface area contributed by atoms with E-state index in [4.69, 9.17) is 5.11 Å². The Kier molecular flexibility index (Phi) is 4.16. The number of imidazole rings is 1. The third-order valence-electron chi connectivity index (χ3n) is 2.06. The van der Waals surface area contributed by atoms with Crippen molar-refractivity contribution in [2.45, 2.75) is 39.2 Å². The first kappa shape index (κ1) is 10.8. The monoisotopic (exact) mass is 196 g/mol. The summed E-state index contributed by atoms with van der Waals surface area (Å²) in [5.74, 6) is 0.319. The van der Waals surface area contributed by atoms with Crippen LogP contribution in [0.3, 0.4) is 0 Å². The van der Waals surface area contributed by atoms with Gasteiger partial charge in [-0.15, -0.1) is 0 Å². The molecule has 0 aliphatic rings. The lowest BCUT2D eigenvalue weighted by atomic mass is 10.3. The van der Waals surface area contributed by atoms with Crippen LogP contribution in [0.5, 0.6) is 0 Å². The van der Waals surface area contributed by atoms with E-state index in [1.807, 2.05) is 10.8 Å². The molecular formula is C10H16N2O2. The van der Waals surface area contributed by atoms with Gasteiger partial charge in [-0.3, -0.25) is 4.79 Å². The van der Waals surface area contributed by atoms with E-state index < -0.39 is 5.97 Å². The van der Waals surface area contributed by atoms with E-state index in [1.165, 1.54) is 0 Å². The maximum atomic E-state index is 10.3. The van der Waals surface area contributed by atoms with Gasteiger partial charge in [0.25, 0.3) is 0 Å². The summed E-state index contributed by atoms with van der Waals surface area (Å²) in [4.78, 5) is 14.5. The molecule has 0 saturated heterocycles. The number of aryl methyl sites for hydroxylation is 2. The van der Waals surface area contributed by atoms with Gasteiger partial charge in [0.05, 0.1) is 0 Å². The minimum atomic E-state index is -0.734. The van der Waals surface area contributed by atoms with Gasteiger partial charge < -0.3 is 9.67 Å². The zero-order valence-electron chi connectivity index (χ0n) is 8.44. The van der Waals surface area contributed by atoms with Gasteiger partial charge in [-0.05, 0) is 12.8 Å². The average molecular weight is 196 g/mol. The molecule has 1 heterocycles. The molecule has 78 valence electrons. The summed E-state index contributed by atoms with van der Waals surface area (Å²) in [6.07, 6.45) is 6.60. The zero-order valence-corrected chi connectivity index (χ0v) is 8.44. The van der Waals surface area contributed by atoms with Gasteiger partial charge in [-0.2, -0.15) is 0 Å². The predicted molar refractivity (Wildman–Crippen MR) is 53.1 cm³/mol. The molecule has 0 bridgehead atoms. The van der Waals surface area contributed by atoms with E-state index in [1.54, 1.807) is 6.20 Å². The van der Waals surface area contributed by atoms with Crippen LogP contribution in [0.4, 0.5) is 0 Å². The molecule has 4 nitrogen and oxygen atoms in total. The molecule has 0 fully saturated rings. The van der Waals surface area contributed by atoms with Crippen LogP contribution in [0.1, 0.15) is 32.0 Å². The van der Waals surface area contributed by atoms with E-state index in [0.717, 1.165) is 25.2 Å². The van der Waals surface area contributed by atoms with Gasteiger partial charge >= 0.3 is 5.97 Å². The Morgan fingerprint density at radius 2 is 2.43 bits per heavy atom. The second-order valence-corrected chi connectivity index (χ2v) is 3.28. The fourth-order valence-corrected chi connectivity index (χ4v) is 1.40. The Balaban J connectivity index is 2.41. The fraction of sp³-hybridized carbons (Fsp3) is 0.600. The van der Waals surface area contributed by atoms with Crippen LogP contribution in [-0.4, -0.2) is 20.6 Å². The number of aromatic nitrogens is 2. The van der Waals surface area contributed by atoms with Crippen molar-refractivity contribution < 1.29 is 9.90 Å². The van der Waals surface area contributed by atoms with E-state index in [9.17, 15) is 4.79 Å². The summed E-state index contributed by atoms with van der Waals surface area (Å²) in [5.41, 5.74) is 0. The van der Waals surface area contributed by atoms with E-state index in [2.05, 4.69) is 11.9 Å². The molecule has 0 amide bonds. The SMILES string of the molecule is CCCc1nccn1CCCC(=O)O. The summed E-state index contributed by atoms with van der Waals surface area (Å²) in [7, 11) is 0. The molecule has 14 heavy (non-hydrogen) atoms. The average Bonchev–Trinajstić information content (AvgIpc) is 2.53. The first-order valence-electron chi connectivity index (χ1n) is 4.96. The van der Waals surface area contributed by atoms with Crippen LogP contribution in [-0.2, 0) is 17.8 Å². The molecule has 0 saturated carbocycles.